The van der Waals surface area contributed by atoms with Gasteiger partial charge < -0.3 is 5.11 Å². The maximum atomic E-state index is 11.1. The average molecular weight is 466 g/mol. The van der Waals surface area contributed by atoms with E-state index in [-0.39, 0.29) is 26.1 Å². The van der Waals surface area contributed by atoms with Crippen molar-refractivity contribution in [1.29, 1.82) is 10.5 Å². The van der Waals surface area contributed by atoms with Crippen molar-refractivity contribution in [3.8, 4) is 12.1 Å². The van der Waals surface area contributed by atoms with Gasteiger partial charge in [-0.15, -0.1) is 0 Å². The van der Waals surface area contributed by atoms with Crippen molar-refractivity contribution in [3.05, 3.63) is 68.6 Å². The fourth-order valence-electron chi connectivity index (χ4n) is 1.70. The third kappa shape index (κ3) is 8.60. The van der Waals surface area contributed by atoms with Crippen molar-refractivity contribution >= 4 is 37.6 Å². The smallest absolute Gasteiger partial charge is 0.176 e. The van der Waals surface area contributed by atoms with E-state index in [0.29, 0.717) is 5.56 Å². The topological polar surface area (TPSA) is 84.9 Å². The second-order valence-electron chi connectivity index (χ2n) is 4.69. The van der Waals surface area contributed by atoms with E-state index in [9.17, 15) is 9.90 Å². The summed E-state index contributed by atoms with van der Waals surface area (Å²) in [5, 5.41) is 26.0. The summed E-state index contributed by atoms with van der Waals surface area (Å²) in [6.07, 6.45) is -0.577. The lowest BCUT2D eigenvalue weighted by atomic mass is 10.1. The fourth-order valence-corrected chi connectivity index (χ4v) is 2.23. The molecule has 0 bridgehead atoms. The number of ketones is 1. The summed E-state index contributed by atoms with van der Waals surface area (Å²) in [5.74, 6) is -0.134. The Morgan fingerprint density at radius 3 is 1.88 bits per heavy atom. The maximum absolute atomic E-state index is 11.1. The predicted octanol–water partition coefficient (Wildman–Crippen LogP) is 5.58. The van der Waals surface area contributed by atoms with Crippen molar-refractivity contribution in [1.82, 2.24) is 0 Å². The van der Waals surface area contributed by atoms with Gasteiger partial charge in [0.15, 0.2) is 5.78 Å². The summed E-state index contributed by atoms with van der Waals surface area (Å²) >= 11 is 6.54. The molecule has 25 heavy (non-hydrogen) atoms. The van der Waals surface area contributed by atoms with Crippen LogP contribution in [-0.4, -0.2) is 10.9 Å². The fraction of sp³-hybridized carbons (Fsp3) is 0.211. The number of rotatable bonds is 4. The highest BCUT2D eigenvalue weighted by Crippen LogP contribution is 2.18. The zero-order valence-electron chi connectivity index (χ0n) is 12.6. The first-order valence-corrected chi connectivity index (χ1v) is 8.52. The predicted molar refractivity (Wildman–Crippen MR) is 105 cm³/mol. The Morgan fingerprint density at radius 2 is 1.44 bits per heavy atom. The molecule has 0 amide bonds. The Morgan fingerprint density at radius 1 is 0.960 bits per heavy atom. The van der Waals surface area contributed by atoms with E-state index >= 15 is 0 Å². The summed E-state index contributed by atoms with van der Waals surface area (Å²) in [4.78, 5) is 11.1. The van der Waals surface area contributed by atoms with Gasteiger partial charge in [-0.25, -0.2) is 0 Å². The number of aliphatic hydroxyl groups is 1. The Labute approximate surface area is 165 Å². The van der Waals surface area contributed by atoms with Crippen LogP contribution in [0.4, 0.5) is 0 Å². The molecular weight excluding hydrogens is 448 g/mol. The van der Waals surface area contributed by atoms with Crippen LogP contribution in [0, 0.1) is 22.7 Å². The van der Waals surface area contributed by atoms with Crippen LogP contribution in [0.5, 0.6) is 0 Å². The molecule has 0 radical (unpaired) electrons. The van der Waals surface area contributed by atoms with Gasteiger partial charge in [-0.3, -0.25) is 4.79 Å². The standard InChI is InChI=1S/C9H8BrNO.C9H6BrNO.CH4/c2*10-8-3-1-7(2-4-8)9(12)5-6-11;/h1-4,9,12H,5H2;1-4H,5H2;1H4. The molecule has 0 heterocycles. The van der Waals surface area contributed by atoms with Gasteiger partial charge in [0.05, 0.1) is 31.1 Å². The van der Waals surface area contributed by atoms with Crippen LogP contribution in [0.1, 0.15) is 42.3 Å². The maximum Gasteiger partial charge on any atom is 0.176 e. The summed E-state index contributed by atoms with van der Waals surface area (Å²) in [7, 11) is 0. The Hall–Kier alpha value is -1.99. The second-order valence-corrected chi connectivity index (χ2v) is 6.53. The number of Topliss-reactive ketones (excluding diaryl/α,β-unsaturated/α-hetero) is 1. The first-order chi connectivity index (χ1) is 11.5. The lowest BCUT2D eigenvalue weighted by Gasteiger charge is -2.05. The van der Waals surface area contributed by atoms with E-state index in [4.69, 9.17) is 10.5 Å². The van der Waals surface area contributed by atoms with Gasteiger partial charge >= 0.3 is 0 Å². The molecule has 0 aliphatic rings. The molecule has 0 fully saturated rings. The molecule has 6 heteroatoms. The molecule has 1 N–H and O–H groups in total. The highest BCUT2D eigenvalue weighted by molar-refractivity contribution is 9.10. The Bertz CT molecular complexity index is 745. The van der Waals surface area contributed by atoms with Crippen LogP contribution in [0.15, 0.2) is 57.5 Å². The zero-order chi connectivity index (χ0) is 17.9. The first kappa shape index (κ1) is 23.0. The highest BCUT2D eigenvalue weighted by atomic mass is 79.9. The minimum absolute atomic E-state index is 0. The van der Waals surface area contributed by atoms with Crippen molar-refractivity contribution in [3.63, 3.8) is 0 Å². The van der Waals surface area contributed by atoms with Gasteiger partial charge in [-0.2, -0.15) is 10.5 Å². The number of carbonyl (C=O) groups is 1. The van der Waals surface area contributed by atoms with E-state index < -0.39 is 6.10 Å². The molecule has 0 aliphatic heterocycles. The van der Waals surface area contributed by atoms with E-state index in [1.165, 1.54) is 0 Å². The van der Waals surface area contributed by atoms with Crippen molar-refractivity contribution in [2.45, 2.75) is 26.4 Å². The van der Waals surface area contributed by atoms with Gasteiger partial charge in [0.25, 0.3) is 0 Å². The number of nitrogens with zero attached hydrogens (tertiary/aromatic N) is 2. The SMILES string of the molecule is C.N#CCC(=O)c1ccc(Br)cc1.N#CCC(O)c1ccc(Br)cc1. The molecule has 1 atom stereocenters. The number of nitriles is 2. The molecule has 2 rings (SSSR count). The Balaban J connectivity index is 0.000000443. The molecule has 0 aliphatic carbocycles. The number of halogens is 2. The summed E-state index contributed by atoms with van der Waals surface area (Å²) in [6.45, 7) is 0. The molecular formula is C19H18Br2N2O2. The molecule has 2 aromatic carbocycles. The number of carbonyl (C=O) groups excluding carboxylic acids is 1. The number of benzene rings is 2. The van der Waals surface area contributed by atoms with Crippen LogP contribution >= 0.6 is 31.9 Å². The number of aliphatic hydroxyl groups excluding tert-OH is 1. The van der Waals surface area contributed by atoms with Gasteiger partial charge in [-0.05, 0) is 29.8 Å². The molecule has 130 valence electrons. The van der Waals surface area contributed by atoms with Gasteiger partial charge in [-0.1, -0.05) is 63.6 Å². The number of hydrogen-bond donors (Lipinski definition) is 1. The van der Waals surface area contributed by atoms with Crippen LogP contribution in [0.2, 0.25) is 0 Å². The summed E-state index contributed by atoms with van der Waals surface area (Å²) in [5.41, 5.74) is 1.36. The van der Waals surface area contributed by atoms with Crippen molar-refractivity contribution in [2.24, 2.45) is 0 Å². The second kappa shape index (κ2) is 12.4. The average Bonchev–Trinajstić information content (AvgIpc) is 2.57. The summed E-state index contributed by atoms with van der Waals surface area (Å²) in [6, 6.07) is 18.0. The minimum atomic E-state index is -0.664. The Kier molecular flexibility index (Phi) is 11.4. The van der Waals surface area contributed by atoms with E-state index in [1.54, 1.807) is 36.4 Å². The third-order valence-corrected chi connectivity index (χ3v) is 4.00. The third-order valence-electron chi connectivity index (χ3n) is 2.95. The normalized spacial score (nSPS) is 10.1. The van der Waals surface area contributed by atoms with Crippen molar-refractivity contribution in [2.75, 3.05) is 0 Å². The van der Waals surface area contributed by atoms with Crippen LogP contribution in [0.25, 0.3) is 0 Å². The highest BCUT2D eigenvalue weighted by Gasteiger charge is 2.05. The van der Waals surface area contributed by atoms with Crippen molar-refractivity contribution < 1.29 is 9.90 Å². The van der Waals surface area contributed by atoms with E-state index in [1.807, 2.05) is 24.3 Å². The zero-order valence-corrected chi connectivity index (χ0v) is 15.8. The van der Waals surface area contributed by atoms with Crippen LogP contribution in [0.3, 0.4) is 0 Å². The monoisotopic (exact) mass is 464 g/mol. The van der Waals surface area contributed by atoms with Gasteiger partial charge in [0.2, 0.25) is 0 Å². The lowest BCUT2D eigenvalue weighted by molar-refractivity contribution is 0.0997. The first-order valence-electron chi connectivity index (χ1n) is 6.94. The van der Waals surface area contributed by atoms with Gasteiger partial charge in [0, 0.05) is 14.5 Å². The molecule has 0 saturated carbocycles. The molecule has 4 nitrogen and oxygen atoms in total. The quantitative estimate of drug-likeness (QED) is 0.597. The van der Waals surface area contributed by atoms with Crippen LogP contribution < -0.4 is 0 Å². The minimum Gasteiger partial charge on any atom is -0.387 e. The molecule has 0 saturated heterocycles. The molecule has 1 unspecified atom stereocenters. The van der Waals surface area contributed by atoms with Gasteiger partial charge in [0.1, 0.15) is 0 Å². The lowest BCUT2D eigenvalue weighted by Crippen LogP contribution is -1.95. The molecule has 0 spiro atoms. The number of hydrogen-bond acceptors (Lipinski definition) is 4. The summed E-state index contributed by atoms with van der Waals surface area (Å²) < 4.78 is 1.89. The largest absolute Gasteiger partial charge is 0.387 e. The van der Waals surface area contributed by atoms with E-state index in [2.05, 4.69) is 31.9 Å². The molecule has 2 aromatic rings. The van der Waals surface area contributed by atoms with E-state index in [0.717, 1.165) is 14.5 Å². The molecule has 0 aromatic heterocycles. The van der Waals surface area contributed by atoms with Crippen LogP contribution in [-0.2, 0) is 0 Å².